The normalized spacial score (nSPS) is 32.8. The Morgan fingerprint density at radius 2 is 0.486 bits per heavy atom. The SMILES string of the molecule is O=S(=O)(O)OC[C@H]1O[C@H](O[C@@H]2[C@H](OS(=O)(=O)O)[C@@H](O)O[C@H](COS(=O)(=O)O)[C@H]2OS(=O)(=O)O)[C@@H](OS(=O)(=O)O)[C@@H](O[C@H]2O[C@H](COS(=O)(=O)O)[C@@H](OS(=O)(=O)O)[C@H](OS(=O)(=O)O)[C@@H]2OS(=O)(=O)O)[C@@H]1OS(=O)(=O)O. The van der Waals surface area contributed by atoms with Gasteiger partial charge in [0.05, 0.1) is 19.8 Å². The van der Waals surface area contributed by atoms with E-state index in [1.807, 2.05) is 0 Å². The average molecular weight is 1310 g/mol. The monoisotopic (exact) mass is 1300 g/mol. The number of hydrogen-bond donors (Lipinski definition) is 11. The summed E-state index contributed by atoms with van der Waals surface area (Å²) in [5.74, 6) is 0. The van der Waals surface area contributed by atoms with E-state index in [4.69, 9.17) is 28.2 Å². The molecule has 3 saturated heterocycles. The highest BCUT2D eigenvalue weighted by Gasteiger charge is 2.61. The van der Waals surface area contributed by atoms with E-state index >= 15 is 0 Å². The molecule has 3 fully saturated rings. The van der Waals surface area contributed by atoms with E-state index in [1.165, 1.54) is 0 Å². The molecular formula is C18H32O46S10. The summed E-state index contributed by atoms with van der Waals surface area (Å²) in [6.07, 6.45) is -50.9. The van der Waals surface area contributed by atoms with Gasteiger partial charge in [0.15, 0.2) is 37.2 Å². The Morgan fingerprint density at radius 1 is 0.270 bits per heavy atom. The van der Waals surface area contributed by atoms with Crippen LogP contribution in [0.1, 0.15) is 0 Å². The second-order valence-electron chi connectivity index (χ2n) is 13.4. The summed E-state index contributed by atoms with van der Waals surface area (Å²) < 4.78 is 400. The van der Waals surface area contributed by atoms with Crippen molar-refractivity contribution in [2.75, 3.05) is 19.8 Å². The van der Waals surface area contributed by atoms with Gasteiger partial charge in [0.2, 0.25) is 0 Å². The molecule has 46 nitrogen and oxygen atoms in total. The molecule has 440 valence electrons. The van der Waals surface area contributed by atoms with E-state index in [1.54, 1.807) is 0 Å². The Labute approximate surface area is 414 Å². The minimum absolute atomic E-state index is 1.91. The maximum atomic E-state index is 12.5. The Hall–Kier alpha value is -1.54. The van der Waals surface area contributed by atoms with Crippen molar-refractivity contribution in [1.82, 2.24) is 0 Å². The van der Waals surface area contributed by atoms with E-state index in [-0.39, 0.29) is 0 Å². The molecule has 0 aromatic carbocycles. The zero-order valence-electron chi connectivity index (χ0n) is 34.1. The highest BCUT2D eigenvalue weighted by Crippen LogP contribution is 2.39. The van der Waals surface area contributed by atoms with Gasteiger partial charge in [-0.2, -0.15) is 84.2 Å². The fourth-order valence-electron chi connectivity index (χ4n) is 6.10. The standard InChI is InChI=1S/C18H32O46S10/c19-16-13(62-72(41,42)43)10(7(58-68(29,30)31)4(53-16)1-50-65(20,21)22)56-17-14(63-73(44,45)46)11(8(59-69(32,33)34)5(54-17)2-51-66(23,24)25)57-18-15(64-74(47,48)49)12(61-71(38,39)40)9(60-70(35,36)37)6(55-18)3-52-67(26,27)28/h4-19H,1-3H2,(H,20,21,22)(H,23,24,25)(H,26,27,28)(H,29,30,31)(H,32,33,34)(H,35,36,37)(H,38,39,40)(H,41,42,43)(H,44,45,46)(H,47,48,49)/t4-,5-,6-,7-,8-,9-,10+,11+,12+,13+,14+,15+,16+,17-,18-/m1/s1. The van der Waals surface area contributed by atoms with Gasteiger partial charge in [-0.15, -0.1) is 0 Å². The Morgan fingerprint density at radius 3 is 0.770 bits per heavy atom. The first-order valence-corrected chi connectivity index (χ1v) is 30.8. The Balaban J connectivity index is 2.56. The first kappa shape index (κ1) is 66.7. The van der Waals surface area contributed by atoms with Crippen LogP contribution in [0.15, 0.2) is 0 Å². The first-order valence-electron chi connectivity index (χ1n) is 17.2. The van der Waals surface area contributed by atoms with Gasteiger partial charge >= 0.3 is 104 Å². The largest absolute Gasteiger partial charge is 0.397 e. The predicted octanol–water partition coefficient (Wildman–Crippen LogP) is -9.30. The van der Waals surface area contributed by atoms with E-state index in [9.17, 15) is 130 Å². The molecule has 0 bridgehead atoms. The van der Waals surface area contributed by atoms with Gasteiger partial charge in [-0.05, 0) is 0 Å². The molecule has 0 radical (unpaired) electrons. The van der Waals surface area contributed by atoms with Crippen molar-refractivity contribution < 1.29 is 200 Å². The molecule has 0 spiro atoms. The summed E-state index contributed by atoms with van der Waals surface area (Å²) in [7, 11) is -62.0. The number of aliphatic hydroxyl groups excluding tert-OH is 1. The molecule has 3 aliphatic heterocycles. The predicted molar refractivity (Wildman–Crippen MR) is 205 cm³/mol. The molecule has 15 atom stereocenters. The lowest BCUT2D eigenvalue weighted by molar-refractivity contribution is -0.368. The molecule has 3 aliphatic rings. The number of rotatable bonds is 27. The van der Waals surface area contributed by atoms with Crippen molar-refractivity contribution in [2.24, 2.45) is 0 Å². The smallest absolute Gasteiger partial charge is 0.366 e. The topological polar surface area (TPSA) is 702 Å². The molecule has 11 N–H and O–H groups in total. The van der Waals surface area contributed by atoms with Gasteiger partial charge in [-0.1, -0.05) is 0 Å². The fourth-order valence-corrected chi connectivity index (χ4v) is 10.5. The van der Waals surface area contributed by atoms with Crippen molar-refractivity contribution in [3.63, 3.8) is 0 Å². The molecule has 3 rings (SSSR count). The highest BCUT2D eigenvalue weighted by molar-refractivity contribution is 7.83. The number of aliphatic hydroxyl groups is 1. The van der Waals surface area contributed by atoms with Crippen LogP contribution in [0.3, 0.4) is 0 Å². The summed E-state index contributed by atoms with van der Waals surface area (Å²) in [5.41, 5.74) is 0. The lowest BCUT2D eigenvalue weighted by Crippen LogP contribution is -2.69. The van der Waals surface area contributed by atoms with Crippen molar-refractivity contribution >= 4 is 104 Å². The zero-order chi connectivity index (χ0) is 57.4. The third kappa shape index (κ3) is 23.8. The first-order chi connectivity index (χ1) is 32.8. The maximum Gasteiger partial charge on any atom is 0.397 e. The van der Waals surface area contributed by atoms with Gasteiger partial charge in [-0.3, -0.25) is 45.5 Å². The molecular weight excluding hydrogens is 1270 g/mol. The van der Waals surface area contributed by atoms with Crippen LogP contribution in [0.4, 0.5) is 0 Å². The number of hydrogen-bond acceptors (Lipinski definition) is 36. The molecule has 0 aliphatic carbocycles. The third-order valence-electron chi connectivity index (χ3n) is 8.15. The second-order valence-corrected chi connectivity index (χ2v) is 24.0. The quantitative estimate of drug-likeness (QED) is 0.0340. The van der Waals surface area contributed by atoms with Crippen LogP contribution < -0.4 is 0 Å². The van der Waals surface area contributed by atoms with Crippen LogP contribution >= 0.6 is 0 Å². The van der Waals surface area contributed by atoms with Gasteiger partial charge < -0.3 is 28.8 Å². The van der Waals surface area contributed by atoms with Crippen molar-refractivity contribution in [1.29, 1.82) is 0 Å². The summed E-state index contributed by atoms with van der Waals surface area (Å²) in [4.78, 5) is 0. The minimum atomic E-state index is -6.54. The van der Waals surface area contributed by atoms with Crippen LogP contribution in [0.5, 0.6) is 0 Å². The van der Waals surface area contributed by atoms with E-state index in [0.29, 0.717) is 0 Å². The number of ether oxygens (including phenoxy) is 5. The lowest BCUT2D eigenvalue weighted by atomic mass is 9.96. The molecule has 56 heteroatoms. The van der Waals surface area contributed by atoms with E-state index < -0.39 is 216 Å². The summed E-state index contributed by atoms with van der Waals surface area (Å²) in [5, 5.41) is 10.7. The zero-order valence-corrected chi connectivity index (χ0v) is 42.2. The summed E-state index contributed by atoms with van der Waals surface area (Å²) in [6.45, 7) is -6.17. The molecule has 0 unspecified atom stereocenters. The summed E-state index contributed by atoms with van der Waals surface area (Å²) in [6, 6.07) is 0. The molecule has 0 aromatic heterocycles. The van der Waals surface area contributed by atoms with Gasteiger partial charge in [-0.25, -0.2) is 41.8 Å². The molecule has 3 heterocycles. The van der Waals surface area contributed by atoms with Crippen molar-refractivity contribution in [2.45, 2.75) is 92.1 Å². The van der Waals surface area contributed by atoms with Gasteiger partial charge in [0.25, 0.3) is 0 Å². The van der Waals surface area contributed by atoms with Crippen LogP contribution in [0, 0.1) is 0 Å². The fraction of sp³-hybridized carbons (Fsp3) is 1.00. The van der Waals surface area contributed by atoms with Crippen LogP contribution in [-0.2, 0) is 170 Å². The molecule has 0 saturated carbocycles. The maximum absolute atomic E-state index is 12.5. The van der Waals surface area contributed by atoms with Crippen molar-refractivity contribution in [3.05, 3.63) is 0 Å². The lowest BCUT2D eigenvalue weighted by Gasteiger charge is -2.49. The van der Waals surface area contributed by atoms with Crippen LogP contribution in [0.2, 0.25) is 0 Å². The Kier molecular flexibility index (Phi) is 21.7. The van der Waals surface area contributed by atoms with Crippen LogP contribution in [0.25, 0.3) is 0 Å². The average Bonchev–Trinajstić information content (AvgIpc) is 3.12. The van der Waals surface area contributed by atoms with Gasteiger partial charge in [0, 0.05) is 0 Å². The van der Waals surface area contributed by atoms with E-state index in [0.717, 1.165) is 0 Å². The minimum Gasteiger partial charge on any atom is -0.366 e. The molecule has 0 aromatic rings. The molecule has 74 heavy (non-hydrogen) atoms. The Bertz CT molecular complexity index is 3130. The van der Waals surface area contributed by atoms with Crippen LogP contribution in [-0.4, -0.2) is 247 Å². The van der Waals surface area contributed by atoms with Crippen molar-refractivity contribution in [3.8, 4) is 0 Å². The van der Waals surface area contributed by atoms with Gasteiger partial charge in [0.1, 0.15) is 54.9 Å². The summed E-state index contributed by atoms with van der Waals surface area (Å²) >= 11 is 0. The highest BCUT2D eigenvalue weighted by atomic mass is 32.3. The third-order valence-corrected chi connectivity index (χ3v) is 12.7. The molecule has 0 amide bonds. The van der Waals surface area contributed by atoms with E-state index in [2.05, 4.69) is 41.8 Å². The second kappa shape index (κ2) is 24.0.